The maximum Gasteiger partial charge on any atom is 0.306 e. The minimum Gasteiger partial charge on any atom is -0.481 e. The Kier molecular flexibility index (Phi) is 7.54. The fourth-order valence-electron chi connectivity index (χ4n) is 2.62. The van der Waals surface area contributed by atoms with Crippen molar-refractivity contribution in [1.82, 2.24) is 10.6 Å². The summed E-state index contributed by atoms with van der Waals surface area (Å²) in [5.41, 5.74) is 0. The van der Waals surface area contributed by atoms with Gasteiger partial charge < -0.3 is 20.5 Å². The predicted molar refractivity (Wildman–Crippen MR) is 75.4 cm³/mol. The van der Waals surface area contributed by atoms with E-state index in [4.69, 9.17) is 9.84 Å². The summed E-state index contributed by atoms with van der Waals surface area (Å²) < 4.78 is 4.95. The van der Waals surface area contributed by atoms with E-state index < -0.39 is 5.97 Å². The van der Waals surface area contributed by atoms with E-state index in [1.807, 2.05) is 6.92 Å². The van der Waals surface area contributed by atoms with E-state index in [9.17, 15) is 9.59 Å². The molecule has 0 bridgehead atoms. The topological polar surface area (TPSA) is 87.7 Å². The molecule has 0 aliphatic heterocycles. The Balaban J connectivity index is 2.10. The second-order valence-electron chi connectivity index (χ2n) is 5.61. The summed E-state index contributed by atoms with van der Waals surface area (Å²) in [6.45, 7) is 3.48. The fourth-order valence-corrected chi connectivity index (χ4v) is 2.62. The Morgan fingerprint density at radius 3 is 2.50 bits per heavy atom. The molecule has 0 heterocycles. The number of ether oxygens (including phenoxy) is 1. The molecule has 1 amide bonds. The normalized spacial score (nSPS) is 24.1. The number of nitrogens with one attached hydrogen (secondary N) is 2. The molecule has 0 aromatic rings. The lowest BCUT2D eigenvalue weighted by atomic mass is 9.82. The van der Waals surface area contributed by atoms with Gasteiger partial charge in [-0.15, -0.1) is 0 Å². The number of hydrogen-bond donors (Lipinski definition) is 3. The highest BCUT2D eigenvalue weighted by Gasteiger charge is 2.25. The van der Waals surface area contributed by atoms with Crippen LogP contribution in [0.1, 0.15) is 32.6 Å². The van der Waals surface area contributed by atoms with E-state index in [-0.39, 0.29) is 17.9 Å². The third kappa shape index (κ3) is 6.34. The molecule has 0 aromatic heterocycles. The SMILES string of the molecule is COCC(C)NC(=O)CNCC1CCC(C(=O)O)CC1. The first kappa shape index (κ1) is 16.9. The molecule has 6 heteroatoms. The summed E-state index contributed by atoms with van der Waals surface area (Å²) in [4.78, 5) is 22.4. The molecule has 3 N–H and O–H groups in total. The van der Waals surface area contributed by atoms with E-state index >= 15 is 0 Å². The number of rotatable bonds is 8. The molecule has 0 radical (unpaired) electrons. The van der Waals surface area contributed by atoms with Crippen LogP contribution in [0.3, 0.4) is 0 Å². The van der Waals surface area contributed by atoms with Crippen LogP contribution in [0.15, 0.2) is 0 Å². The smallest absolute Gasteiger partial charge is 0.306 e. The van der Waals surface area contributed by atoms with Crippen LogP contribution in [-0.2, 0) is 14.3 Å². The molecule has 20 heavy (non-hydrogen) atoms. The average Bonchev–Trinajstić information content (AvgIpc) is 2.39. The lowest BCUT2D eigenvalue weighted by molar-refractivity contribution is -0.143. The molecule has 1 saturated carbocycles. The third-order valence-corrected chi connectivity index (χ3v) is 3.74. The molecule has 0 saturated heterocycles. The van der Waals surface area contributed by atoms with Gasteiger partial charge in [-0.1, -0.05) is 0 Å². The molecule has 1 aliphatic rings. The summed E-state index contributed by atoms with van der Waals surface area (Å²) in [7, 11) is 1.61. The monoisotopic (exact) mass is 286 g/mol. The van der Waals surface area contributed by atoms with Crippen molar-refractivity contribution in [1.29, 1.82) is 0 Å². The van der Waals surface area contributed by atoms with Crippen molar-refractivity contribution in [3.05, 3.63) is 0 Å². The quantitative estimate of drug-likeness (QED) is 0.609. The average molecular weight is 286 g/mol. The van der Waals surface area contributed by atoms with Crippen LogP contribution < -0.4 is 10.6 Å². The summed E-state index contributed by atoms with van der Waals surface area (Å²) in [5.74, 6) is -0.407. The zero-order chi connectivity index (χ0) is 15.0. The first-order chi connectivity index (χ1) is 9.52. The molecule has 116 valence electrons. The summed E-state index contributed by atoms with van der Waals surface area (Å²) >= 11 is 0. The predicted octanol–water partition coefficient (Wildman–Crippen LogP) is 0.618. The minimum atomic E-state index is -0.678. The molecular weight excluding hydrogens is 260 g/mol. The van der Waals surface area contributed by atoms with Crippen LogP contribution in [-0.4, -0.2) is 49.8 Å². The number of carboxylic acid groups (broad SMARTS) is 1. The molecule has 0 spiro atoms. The van der Waals surface area contributed by atoms with Crippen molar-refractivity contribution in [3.63, 3.8) is 0 Å². The van der Waals surface area contributed by atoms with Gasteiger partial charge in [-0.2, -0.15) is 0 Å². The lowest BCUT2D eigenvalue weighted by Crippen LogP contribution is -2.42. The molecule has 1 atom stereocenters. The first-order valence-corrected chi connectivity index (χ1v) is 7.24. The molecule has 1 rings (SSSR count). The maximum absolute atomic E-state index is 11.6. The second kappa shape index (κ2) is 8.92. The third-order valence-electron chi connectivity index (χ3n) is 3.74. The standard InChI is InChI=1S/C14H26N2O4/c1-10(9-20-2)16-13(17)8-15-7-11-3-5-12(6-4-11)14(18)19/h10-12,15H,3-9H2,1-2H3,(H,16,17)(H,18,19). The van der Waals surface area contributed by atoms with E-state index in [1.54, 1.807) is 7.11 Å². The Labute approximate surface area is 120 Å². The lowest BCUT2D eigenvalue weighted by Gasteiger charge is -2.26. The van der Waals surface area contributed by atoms with Crippen LogP contribution >= 0.6 is 0 Å². The summed E-state index contributed by atoms with van der Waals surface area (Å²) in [6.07, 6.45) is 3.34. The van der Waals surface area contributed by atoms with Gasteiger partial charge in [-0.05, 0) is 45.1 Å². The van der Waals surface area contributed by atoms with Crippen molar-refractivity contribution in [2.24, 2.45) is 11.8 Å². The molecule has 1 unspecified atom stereocenters. The van der Waals surface area contributed by atoms with Gasteiger partial charge in [-0.25, -0.2) is 0 Å². The number of amides is 1. The highest BCUT2D eigenvalue weighted by molar-refractivity contribution is 5.78. The largest absolute Gasteiger partial charge is 0.481 e. The number of carboxylic acids is 1. The zero-order valence-corrected chi connectivity index (χ0v) is 12.4. The summed E-state index contributed by atoms with van der Waals surface area (Å²) in [5, 5.41) is 14.9. The number of carbonyl (C=O) groups excluding carboxylic acids is 1. The van der Waals surface area contributed by atoms with Crippen molar-refractivity contribution in [3.8, 4) is 0 Å². The van der Waals surface area contributed by atoms with Crippen LogP contribution in [0.5, 0.6) is 0 Å². The Hall–Kier alpha value is -1.14. The van der Waals surface area contributed by atoms with Gasteiger partial charge in [0, 0.05) is 13.2 Å². The zero-order valence-electron chi connectivity index (χ0n) is 12.4. The highest BCUT2D eigenvalue weighted by atomic mass is 16.5. The maximum atomic E-state index is 11.6. The Bertz CT molecular complexity index is 314. The molecule has 1 aliphatic carbocycles. The van der Waals surface area contributed by atoms with Crippen molar-refractivity contribution in [2.45, 2.75) is 38.6 Å². The molecular formula is C14H26N2O4. The molecule has 1 fully saturated rings. The van der Waals surface area contributed by atoms with Gasteiger partial charge in [0.25, 0.3) is 0 Å². The van der Waals surface area contributed by atoms with Crippen LogP contribution in [0.4, 0.5) is 0 Å². The molecule has 6 nitrogen and oxygen atoms in total. The van der Waals surface area contributed by atoms with Crippen LogP contribution in [0.2, 0.25) is 0 Å². The van der Waals surface area contributed by atoms with E-state index in [0.29, 0.717) is 19.1 Å². The van der Waals surface area contributed by atoms with Gasteiger partial charge >= 0.3 is 5.97 Å². The highest BCUT2D eigenvalue weighted by Crippen LogP contribution is 2.28. The van der Waals surface area contributed by atoms with Crippen molar-refractivity contribution in [2.75, 3.05) is 26.8 Å². The molecule has 0 aromatic carbocycles. The number of carbonyl (C=O) groups is 2. The van der Waals surface area contributed by atoms with Gasteiger partial charge in [0.15, 0.2) is 0 Å². The van der Waals surface area contributed by atoms with Gasteiger partial charge in [0.05, 0.1) is 19.1 Å². The number of aliphatic carboxylic acids is 1. The minimum absolute atomic E-state index is 0.0142. The van der Waals surface area contributed by atoms with Crippen molar-refractivity contribution < 1.29 is 19.4 Å². The van der Waals surface area contributed by atoms with E-state index in [0.717, 1.165) is 32.2 Å². The Morgan fingerprint density at radius 2 is 1.95 bits per heavy atom. The number of hydrogen-bond acceptors (Lipinski definition) is 4. The first-order valence-electron chi connectivity index (χ1n) is 7.24. The fraction of sp³-hybridized carbons (Fsp3) is 0.857. The van der Waals surface area contributed by atoms with Gasteiger partial charge in [0.1, 0.15) is 0 Å². The van der Waals surface area contributed by atoms with Crippen LogP contribution in [0, 0.1) is 11.8 Å². The summed E-state index contributed by atoms with van der Waals surface area (Å²) in [6, 6.07) is 0.0142. The van der Waals surface area contributed by atoms with Gasteiger partial charge in [-0.3, -0.25) is 9.59 Å². The van der Waals surface area contributed by atoms with E-state index in [1.165, 1.54) is 0 Å². The van der Waals surface area contributed by atoms with Crippen molar-refractivity contribution >= 4 is 11.9 Å². The Morgan fingerprint density at radius 1 is 1.30 bits per heavy atom. The van der Waals surface area contributed by atoms with Gasteiger partial charge in [0.2, 0.25) is 5.91 Å². The van der Waals surface area contributed by atoms with E-state index in [2.05, 4.69) is 10.6 Å². The number of methoxy groups -OCH3 is 1. The van der Waals surface area contributed by atoms with Crippen LogP contribution in [0.25, 0.3) is 0 Å². The second-order valence-corrected chi connectivity index (χ2v) is 5.61.